The van der Waals surface area contributed by atoms with Crippen molar-refractivity contribution in [2.24, 2.45) is 0 Å². The molecule has 5 aromatic carbocycles. The molecule has 0 aliphatic rings. The summed E-state index contributed by atoms with van der Waals surface area (Å²) in [5, 5.41) is 37.1. The highest BCUT2D eigenvalue weighted by molar-refractivity contribution is 6.29. The number of halogens is 4. The first-order valence-electron chi connectivity index (χ1n) is 12.3. The van der Waals surface area contributed by atoms with Crippen LogP contribution in [-0.4, -0.2) is 28.4 Å². The summed E-state index contributed by atoms with van der Waals surface area (Å²) in [6.07, 6.45) is 0. The lowest BCUT2D eigenvalue weighted by molar-refractivity contribution is 0.360. The van der Waals surface area contributed by atoms with Gasteiger partial charge in [0.05, 0.1) is 38.9 Å². The SMILES string of the molecule is COc1c(OC)c2cccc3c(OC)c(OC)c4cccc1c4c23.N#CC(C#N)=c1c(F)c(F)c(=C(C#N)C#N)c(F)c1F. The predicted octanol–water partition coefficient (Wildman–Crippen LogP) is 5.26. The van der Waals surface area contributed by atoms with E-state index in [1.807, 2.05) is 36.4 Å². The second-order valence-electron chi connectivity index (χ2n) is 8.79. The molecule has 0 fully saturated rings. The Morgan fingerprint density at radius 3 is 0.886 bits per heavy atom. The van der Waals surface area contributed by atoms with E-state index in [0.717, 1.165) is 79.6 Å². The molecule has 8 nitrogen and oxygen atoms in total. The first-order chi connectivity index (χ1) is 21.2. The summed E-state index contributed by atoms with van der Waals surface area (Å²) in [5.41, 5.74) is -2.36. The number of benzene rings is 5. The van der Waals surface area contributed by atoms with E-state index >= 15 is 0 Å². The molecule has 0 spiro atoms. The third-order valence-electron chi connectivity index (χ3n) is 6.80. The number of methoxy groups -OCH3 is 4. The monoisotopic (exact) mass is 598 g/mol. The van der Waals surface area contributed by atoms with Gasteiger partial charge in [-0.05, 0) is 0 Å². The number of hydrogen-bond acceptors (Lipinski definition) is 8. The minimum absolute atomic E-state index is 0.732. The number of rotatable bonds is 4. The molecule has 0 unspecified atom stereocenters. The second-order valence-corrected chi connectivity index (χ2v) is 8.79. The van der Waals surface area contributed by atoms with Crippen LogP contribution in [0.4, 0.5) is 17.6 Å². The fourth-order valence-corrected chi connectivity index (χ4v) is 5.04. The van der Waals surface area contributed by atoms with Crippen molar-refractivity contribution in [1.82, 2.24) is 0 Å². The van der Waals surface area contributed by atoms with Crippen molar-refractivity contribution < 1.29 is 36.5 Å². The molecule has 5 rings (SSSR count). The summed E-state index contributed by atoms with van der Waals surface area (Å²) in [6, 6.07) is 16.5. The van der Waals surface area contributed by atoms with Crippen molar-refractivity contribution in [3.63, 3.8) is 0 Å². The van der Waals surface area contributed by atoms with Crippen molar-refractivity contribution in [1.29, 1.82) is 21.0 Å². The van der Waals surface area contributed by atoms with Gasteiger partial charge in [-0.3, -0.25) is 0 Å². The fourth-order valence-electron chi connectivity index (χ4n) is 5.04. The van der Waals surface area contributed by atoms with Crippen LogP contribution >= 0.6 is 0 Å². The normalized spacial score (nSPS) is 10.2. The molecular weight excluding hydrogens is 580 g/mol. The van der Waals surface area contributed by atoms with Crippen molar-refractivity contribution in [2.45, 2.75) is 0 Å². The van der Waals surface area contributed by atoms with Crippen LogP contribution in [0.25, 0.3) is 43.5 Å². The van der Waals surface area contributed by atoms with Gasteiger partial charge in [0.1, 0.15) is 35.4 Å². The topological polar surface area (TPSA) is 132 Å². The summed E-state index contributed by atoms with van der Waals surface area (Å²) in [7, 11) is 6.66. The third kappa shape index (κ3) is 4.52. The highest BCUT2D eigenvalue weighted by atomic mass is 19.2. The Kier molecular flexibility index (Phi) is 8.60. The molecule has 0 atom stereocenters. The molecule has 0 aliphatic heterocycles. The Morgan fingerprint density at radius 1 is 0.477 bits per heavy atom. The lowest BCUT2D eigenvalue weighted by Gasteiger charge is -2.21. The molecule has 0 radical (unpaired) electrons. The van der Waals surface area contributed by atoms with E-state index in [4.69, 9.17) is 40.0 Å². The summed E-state index contributed by atoms with van der Waals surface area (Å²) in [6.45, 7) is 0. The third-order valence-corrected chi connectivity index (χ3v) is 6.80. The first kappa shape index (κ1) is 30.7. The van der Waals surface area contributed by atoms with Crippen LogP contribution < -0.4 is 29.4 Å². The summed E-state index contributed by atoms with van der Waals surface area (Å²) < 4.78 is 77.2. The Bertz CT molecular complexity index is 1970. The average Bonchev–Trinajstić information content (AvgIpc) is 3.05. The number of nitriles is 4. The maximum Gasteiger partial charge on any atom is 0.171 e. The van der Waals surface area contributed by atoms with Gasteiger partial charge >= 0.3 is 0 Å². The Labute approximate surface area is 246 Å². The quantitative estimate of drug-likeness (QED) is 0.156. The molecule has 0 bridgehead atoms. The van der Waals surface area contributed by atoms with Gasteiger partial charge < -0.3 is 18.9 Å². The minimum atomic E-state index is -2.03. The van der Waals surface area contributed by atoms with Crippen LogP contribution in [0.15, 0.2) is 36.4 Å². The smallest absolute Gasteiger partial charge is 0.171 e. The molecule has 0 amide bonds. The van der Waals surface area contributed by atoms with E-state index in [0.29, 0.717) is 0 Å². The maximum absolute atomic E-state index is 13.6. The van der Waals surface area contributed by atoms with Gasteiger partial charge in [-0.2, -0.15) is 21.0 Å². The molecule has 0 aliphatic carbocycles. The van der Waals surface area contributed by atoms with Crippen LogP contribution in [0.3, 0.4) is 0 Å². The van der Waals surface area contributed by atoms with Gasteiger partial charge in [-0.25, -0.2) is 17.6 Å². The zero-order chi connectivity index (χ0) is 32.3. The lowest BCUT2D eigenvalue weighted by atomic mass is 9.91. The zero-order valence-electron chi connectivity index (χ0n) is 23.4. The van der Waals surface area contributed by atoms with E-state index in [1.165, 1.54) is 0 Å². The predicted molar refractivity (Wildman–Crippen MR) is 151 cm³/mol. The first-order valence-corrected chi connectivity index (χ1v) is 12.3. The van der Waals surface area contributed by atoms with Gasteiger partial charge in [-0.15, -0.1) is 0 Å². The van der Waals surface area contributed by atoms with Crippen molar-refractivity contribution in [3.05, 3.63) is 70.1 Å². The maximum atomic E-state index is 13.6. The molecule has 218 valence electrons. The van der Waals surface area contributed by atoms with Crippen molar-refractivity contribution in [2.75, 3.05) is 28.4 Å². The summed E-state index contributed by atoms with van der Waals surface area (Å²) in [4.78, 5) is 0. The van der Waals surface area contributed by atoms with Crippen LogP contribution in [0.2, 0.25) is 0 Å². The summed E-state index contributed by atoms with van der Waals surface area (Å²) >= 11 is 0. The van der Waals surface area contributed by atoms with Crippen LogP contribution in [0.1, 0.15) is 0 Å². The minimum Gasteiger partial charge on any atom is -0.492 e. The Balaban J connectivity index is 0.000000205. The van der Waals surface area contributed by atoms with Gasteiger partial charge in [0.15, 0.2) is 46.3 Å². The molecular formula is C32H18F4N4O4. The van der Waals surface area contributed by atoms with E-state index in [1.54, 1.807) is 28.4 Å². The molecule has 0 saturated heterocycles. The molecule has 12 heteroatoms. The standard InChI is InChI=1S/C20H18O4.C12F4N4/c1-21-17-11-7-5-9-13-15(11)16-12(18(17)22-2)8-6-10-14(16)20(24-4)19(13)23-3;13-9-7(5(1-17)2-18)10(14)12(16)8(11(9)15)6(3-19)4-20/h5-10H,1-4H3;. The fraction of sp³-hybridized carbons (Fsp3) is 0.125. The van der Waals surface area contributed by atoms with Crippen molar-refractivity contribution in [3.8, 4) is 47.3 Å². The van der Waals surface area contributed by atoms with Crippen LogP contribution in [-0.2, 0) is 0 Å². The van der Waals surface area contributed by atoms with Crippen molar-refractivity contribution >= 4 is 43.5 Å². The Morgan fingerprint density at radius 2 is 0.705 bits per heavy atom. The van der Waals surface area contributed by atoms with E-state index in [-0.39, 0.29) is 0 Å². The van der Waals surface area contributed by atoms with Gasteiger partial charge in [0.2, 0.25) is 0 Å². The van der Waals surface area contributed by atoms with E-state index < -0.39 is 44.9 Å². The molecule has 5 aromatic rings. The van der Waals surface area contributed by atoms with Crippen LogP contribution in [0, 0.1) is 68.6 Å². The van der Waals surface area contributed by atoms with Crippen LogP contribution in [0.5, 0.6) is 23.0 Å². The molecule has 0 saturated carbocycles. The highest BCUT2D eigenvalue weighted by Crippen LogP contribution is 2.52. The van der Waals surface area contributed by atoms with E-state index in [9.17, 15) is 17.6 Å². The number of ether oxygens (including phenoxy) is 4. The van der Waals surface area contributed by atoms with E-state index in [2.05, 4.69) is 0 Å². The van der Waals surface area contributed by atoms with Gasteiger partial charge in [-0.1, -0.05) is 36.4 Å². The molecule has 0 heterocycles. The van der Waals surface area contributed by atoms with Gasteiger partial charge in [0.25, 0.3) is 0 Å². The summed E-state index contributed by atoms with van der Waals surface area (Å²) in [5.74, 6) is -5.18. The highest BCUT2D eigenvalue weighted by Gasteiger charge is 2.25. The zero-order valence-corrected chi connectivity index (χ0v) is 23.4. The number of hydrogen-bond donors (Lipinski definition) is 0. The largest absolute Gasteiger partial charge is 0.492 e. The van der Waals surface area contributed by atoms with Gasteiger partial charge in [0, 0.05) is 32.3 Å². The average molecular weight is 599 g/mol. The molecule has 0 N–H and O–H groups in total. The second kappa shape index (κ2) is 12.3. The molecule has 0 aromatic heterocycles. The molecule has 44 heavy (non-hydrogen) atoms. The lowest BCUT2D eigenvalue weighted by Crippen LogP contribution is -2.31. The number of nitrogens with zero attached hydrogens (tertiary/aromatic N) is 4. The Hall–Kier alpha value is -6.24.